The molecule has 0 aliphatic rings. The minimum Gasteiger partial charge on any atom is -0.388 e. The van der Waals surface area contributed by atoms with Crippen molar-refractivity contribution in [3.8, 4) is 0 Å². The fourth-order valence-corrected chi connectivity index (χ4v) is 1.68. The molecule has 0 aliphatic carbocycles. The topological polar surface area (TPSA) is 37.3 Å². The molecule has 0 unspecified atom stereocenters. The van der Waals surface area contributed by atoms with Crippen LogP contribution in [0.5, 0.6) is 0 Å². The van der Waals surface area contributed by atoms with Crippen LogP contribution >= 0.6 is 15.9 Å². The highest BCUT2D eigenvalue weighted by Crippen LogP contribution is 2.25. The smallest absolute Gasteiger partial charge is 0.132 e. The molecule has 0 saturated carbocycles. The van der Waals surface area contributed by atoms with Crippen LogP contribution in [-0.4, -0.2) is 10.9 Å². The van der Waals surface area contributed by atoms with Crippen LogP contribution < -0.4 is 0 Å². The Kier molecular flexibility index (Phi) is 3.63. The summed E-state index contributed by atoms with van der Waals surface area (Å²) in [5, 5.41) is 9.62. The first-order chi connectivity index (χ1) is 6.11. The number of ketones is 1. The van der Waals surface area contributed by atoms with E-state index in [1.807, 2.05) is 18.2 Å². The maximum Gasteiger partial charge on any atom is 0.132 e. The summed E-state index contributed by atoms with van der Waals surface area (Å²) in [6.45, 7) is 1.47. The second-order valence-electron chi connectivity index (χ2n) is 2.94. The average molecular weight is 243 g/mol. The monoisotopic (exact) mass is 242 g/mol. The molecule has 1 aromatic carbocycles. The number of halogens is 1. The molecule has 0 aliphatic heterocycles. The number of Topliss-reactive ketones (excluding diaryl/α,β-unsaturated/α-hetero) is 1. The Morgan fingerprint density at radius 3 is 2.69 bits per heavy atom. The summed E-state index contributed by atoms with van der Waals surface area (Å²) in [6.07, 6.45) is -0.532. The largest absolute Gasteiger partial charge is 0.388 e. The third-order valence-electron chi connectivity index (χ3n) is 1.75. The third-order valence-corrected chi connectivity index (χ3v) is 2.47. The Labute approximate surface area is 85.7 Å². The van der Waals surface area contributed by atoms with Gasteiger partial charge in [-0.2, -0.15) is 0 Å². The van der Waals surface area contributed by atoms with E-state index in [0.717, 1.165) is 10.0 Å². The highest BCUT2D eigenvalue weighted by atomic mass is 79.9. The Morgan fingerprint density at radius 2 is 2.15 bits per heavy atom. The number of benzene rings is 1. The van der Waals surface area contributed by atoms with Gasteiger partial charge in [-0.15, -0.1) is 0 Å². The summed E-state index contributed by atoms with van der Waals surface area (Å²) in [5.41, 5.74) is 0.762. The van der Waals surface area contributed by atoms with E-state index in [0.29, 0.717) is 0 Å². The van der Waals surface area contributed by atoms with Gasteiger partial charge in [-0.3, -0.25) is 4.79 Å². The Bertz CT molecular complexity index is 310. The van der Waals surface area contributed by atoms with Crippen LogP contribution in [0.3, 0.4) is 0 Å². The molecule has 0 amide bonds. The standard InChI is InChI=1S/C10H11BrO2/c1-7(12)6-10(13)8-4-2-3-5-9(8)11/h2-5,10,13H,6H2,1H3/t10-/m0/s1. The van der Waals surface area contributed by atoms with E-state index in [1.54, 1.807) is 6.07 Å². The first kappa shape index (κ1) is 10.4. The summed E-state index contributed by atoms with van der Waals surface area (Å²) in [5.74, 6) is -0.0109. The zero-order valence-electron chi connectivity index (χ0n) is 7.33. The number of carbonyl (C=O) groups is 1. The Morgan fingerprint density at radius 1 is 1.54 bits per heavy atom. The summed E-state index contributed by atoms with van der Waals surface area (Å²) < 4.78 is 0.837. The van der Waals surface area contributed by atoms with Crippen LogP contribution in [0.2, 0.25) is 0 Å². The van der Waals surface area contributed by atoms with Gasteiger partial charge in [0, 0.05) is 10.9 Å². The fourth-order valence-electron chi connectivity index (χ4n) is 1.13. The van der Waals surface area contributed by atoms with Crippen molar-refractivity contribution in [3.05, 3.63) is 34.3 Å². The zero-order valence-corrected chi connectivity index (χ0v) is 8.91. The molecule has 0 saturated heterocycles. The van der Waals surface area contributed by atoms with E-state index in [2.05, 4.69) is 15.9 Å². The second-order valence-corrected chi connectivity index (χ2v) is 3.80. The Balaban J connectivity index is 2.82. The van der Waals surface area contributed by atoms with Crippen molar-refractivity contribution < 1.29 is 9.90 Å². The lowest BCUT2D eigenvalue weighted by atomic mass is 10.1. The molecule has 1 rings (SSSR count). The van der Waals surface area contributed by atoms with E-state index in [4.69, 9.17) is 0 Å². The molecular weight excluding hydrogens is 232 g/mol. The average Bonchev–Trinajstić information content (AvgIpc) is 2.03. The third kappa shape index (κ3) is 2.94. The minimum atomic E-state index is -0.701. The van der Waals surface area contributed by atoms with Gasteiger partial charge in [0.15, 0.2) is 0 Å². The Hall–Kier alpha value is -0.670. The molecule has 0 aromatic heterocycles. The maximum atomic E-state index is 10.8. The van der Waals surface area contributed by atoms with Crippen molar-refractivity contribution in [3.63, 3.8) is 0 Å². The SMILES string of the molecule is CC(=O)C[C@H](O)c1ccccc1Br. The molecular formula is C10H11BrO2. The highest BCUT2D eigenvalue weighted by Gasteiger charge is 2.12. The molecule has 13 heavy (non-hydrogen) atoms. The number of rotatable bonds is 3. The van der Waals surface area contributed by atoms with Gasteiger partial charge in [0.25, 0.3) is 0 Å². The molecule has 3 heteroatoms. The maximum absolute atomic E-state index is 10.8. The van der Waals surface area contributed by atoms with E-state index in [-0.39, 0.29) is 12.2 Å². The number of aliphatic hydroxyl groups excluding tert-OH is 1. The highest BCUT2D eigenvalue weighted by molar-refractivity contribution is 9.10. The van der Waals surface area contributed by atoms with Crippen LogP contribution in [-0.2, 0) is 4.79 Å². The second kappa shape index (κ2) is 4.53. The lowest BCUT2D eigenvalue weighted by Gasteiger charge is -2.10. The number of carbonyl (C=O) groups excluding carboxylic acids is 1. The normalized spacial score (nSPS) is 12.5. The molecule has 2 nitrogen and oxygen atoms in total. The van der Waals surface area contributed by atoms with Gasteiger partial charge in [-0.25, -0.2) is 0 Å². The van der Waals surface area contributed by atoms with Gasteiger partial charge in [0.1, 0.15) is 5.78 Å². The molecule has 0 bridgehead atoms. The van der Waals surface area contributed by atoms with Crippen molar-refractivity contribution in [2.75, 3.05) is 0 Å². The predicted octanol–water partition coefficient (Wildman–Crippen LogP) is 2.46. The van der Waals surface area contributed by atoms with E-state index >= 15 is 0 Å². The van der Waals surface area contributed by atoms with Gasteiger partial charge >= 0.3 is 0 Å². The fraction of sp³-hybridized carbons (Fsp3) is 0.300. The van der Waals surface area contributed by atoms with E-state index < -0.39 is 6.10 Å². The van der Waals surface area contributed by atoms with Crippen LogP contribution in [0.4, 0.5) is 0 Å². The quantitative estimate of drug-likeness (QED) is 0.885. The van der Waals surface area contributed by atoms with Crippen LogP contribution in [0.15, 0.2) is 28.7 Å². The molecule has 0 fully saturated rings. The number of hydrogen-bond donors (Lipinski definition) is 1. The summed E-state index contributed by atoms with van der Waals surface area (Å²) in [6, 6.07) is 7.36. The lowest BCUT2D eigenvalue weighted by molar-refractivity contribution is -0.118. The van der Waals surface area contributed by atoms with Gasteiger partial charge in [0.05, 0.1) is 6.10 Å². The van der Waals surface area contributed by atoms with Gasteiger partial charge in [-0.05, 0) is 18.6 Å². The van der Waals surface area contributed by atoms with Crippen molar-refractivity contribution in [1.29, 1.82) is 0 Å². The lowest BCUT2D eigenvalue weighted by Crippen LogP contribution is -2.03. The van der Waals surface area contributed by atoms with E-state index in [9.17, 15) is 9.90 Å². The van der Waals surface area contributed by atoms with Crippen molar-refractivity contribution in [2.24, 2.45) is 0 Å². The molecule has 0 heterocycles. The summed E-state index contributed by atoms with van der Waals surface area (Å²) in [4.78, 5) is 10.8. The summed E-state index contributed by atoms with van der Waals surface area (Å²) >= 11 is 3.32. The van der Waals surface area contributed by atoms with Crippen molar-refractivity contribution in [1.82, 2.24) is 0 Å². The van der Waals surface area contributed by atoms with Crippen molar-refractivity contribution in [2.45, 2.75) is 19.4 Å². The number of aliphatic hydroxyl groups is 1. The summed E-state index contributed by atoms with van der Waals surface area (Å²) in [7, 11) is 0. The number of hydrogen-bond acceptors (Lipinski definition) is 2. The first-order valence-corrected chi connectivity index (χ1v) is 4.82. The van der Waals surface area contributed by atoms with Crippen LogP contribution in [0, 0.1) is 0 Å². The molecule has 70 valence electrons. The predicted molar refractivity (Wildman–Crippen MR) is 54.4 cm³/mol. The molecule has 1 N–H and O–H groups in total. The van der Waals surface area contributed by atoms with Crippen LogP contribution in [0.1, 0.15) is 25.0 Å². The first-order valence-electron chi connectivity index (χ1n) is 4.03. The van der Waals surface area contributed by atoms with E-state index in [1.165, 1.54) is 6.92 Å². The van der Waals surface area contributed by atoms with Gasteiger partial charge < -0.3 is 5.11 Å². The molecule has 0 radical (unpaired) electrons. The van der Waals surface area contributed by atoms with Crippen LogP contribution in [0.25, 0.3) is 0 Å². The minimum absolute atomic E-state index is 0.0109. The van der Waals surface area contributed by atoms with Crippen molar-refractivity contribution >= 4 is 21.7 Å². The van der Waals surface area contributed by atoms with Gasteiger partial charge in [0.2, 0.25) is 0 Å². The molecule has 1 atom stereocenters. The molecule has 0 spiro atoms. The van der Waals surface area contributed by atoms with Gasteiger partial charge in [-0.1, -0.05) is 34.1 Å². The zero-order chi connectivity index (χ0) is 9.84. The molecule has 1 aromatic rings.